The van der Waals surface area contributed by atoms with Gasteiger partial charge in [0.1, 0.15) is 18.0 Å². The van der Waals surface area contributed by atoms with Crippen LogP contribution in [-0.4, -0.2) is 40.6 Å². The number of nitrogens with zero attached hydrogens (tertiary/aromatic N) is 3. The summed E-state index contributed by atoms with van der Waals surface area (Å²) in [7, 11) is 0. The van der Waals surface area contributed by atoms with E-state index in [9.17, 15) is 0 Å². The maximum Gasteiger partial charge on any atom is 0.137 e. The molecule has 1 aromatic heterocycles. The molecule has 1 unspecified atom stereocenters. The zero-order valence-electron chi connectivity index (χ0n) is 13.0. The summed E-state index contributed by atoms with van der Waals surface area (Å²) < 4.78 is 0. The molecule has 1 fully saturated rings. The first-order valence-electron chi connectivity index (χ1n) is 7.58. The summed E-state index contributed by atoms with van der Waals surface area (Å²) in [5, 5.41) is 3.46. The molecule has 1 N–H and O–H groups in total. The number of hydrogen-bond acceptors (Lipinski definition) is 5. The normalized spacial score (nSPS) is 19.4. The van der Waals surface area contributed by atoms with E-state index in [-0.39, 0.29) is 0 Å². The Bertz CT molecular complexity index is 436. The van der Waals surface area contributed by atoms with Gasteiger partial charge < -0.3 is 10.2 Å². The number of nitrogens with one attached hydrogen (secondary N) is 1. The molecule has 1 aliphatic heterocycles. The molecular formula is C15H26N4S. The van der Waals surface area contributed by atoms with E-state index in [4.69, 9.17) is 0 Å². The van der Waals surface area contributed by atoms with Crippen LogP contribution in [-0.2, 0) is 0 Å². The number of thioether (sulfide) groups is 1. The Morgan fingerprint density at radius 3 is 2.90 bits per heavy atom. The van der Waals surface area contributed by atoms with Crippen LogP contribution in [0.2, 0.25) is 0 Å². The molecule has 1 saturated heterocycles. The second kappa shape index (κ2) is 7.16. The molecule has 2 heterocycles. The lowest BCUT2D eigenvalue weighted by atomic mass is 10.0. The fourth-order valence-electron chi connectivity index (χ4n) is 2.57. The van der Waals surface area contributed by atoms with Crippen LogP contribution in [0.15, 0.2) is 6.33 Å². The fraction of sp³-hybridized carbons (Fsp3) is 0.733. The summed E-state index contributed by atoms with van der Waals surface area (Å²) in [6, 6.07) is 0.542. The predicted molar refractivity (Wildman–Crippen MR) is 89.0 cm³/mol. The molecule has 0 bridgehead atoms. The molecule has 1 aromatic rings. The van der Waals surface area contributed by atoms with Crippen LogP contribution < -0.4 is 10.2 Å². The third-order valence-electron chi connectivity index (χ3n) is 3.62. The van der Waals surface area contributed by atoms with Gasteiger partial charge in [0.05, 0.1) is 0 Å². The number of rotatable bonds is 5. The van der Waals surface area contributed by atoms with Gasteiger partial charge in [-0.05, 0) is 19.3 Å². The molecule has 0 spiro atoms. The van der Waals surface area contributed by atoms with Crippen LogP contribution in [0.5, 0.6) is 0 Å². The number of anilines is 2. The van der Waals surface area contributed by atoms with Crippen molar-refractivity contribution in [1.29, 1.82) is 0 Å². The molecule has 1 atom stereocenters. The molecule has 0 aromatic carbocycles. The lowest BCUT2D eigenvalue weighted by Crippen LogP contribution is -2.41. The monoisotopic (exact) mass is 294 g/mol. The van der Waals surface area contributed by atoms with E-state index in [0.29, 0.717) is 12.0 Å². The van der Waals surface area contributed by atoms with E-state index in [1.165, 1.54) is 17.1 Å². The SMILES string of the molecule is CCCNc1ncnc(N2CCSCC2C)c1C(C)C. The topological polar surface area (TPSA) is 41.1 Å². The number of hydrogen-bond donors (Lipinski definition) is 1. The predicted octanol–water partition coefficient (Wildman–Crippen LogP) is 3.36. The van der Waals surface area contributed by atoms with Crippen LogP contribution in [0.4, 0.5) is 11.6 Å². The van der Waals surface area contributed by atoms with E-state index in [1.807, 2.05) is 11.8 Å². The summed E-state index contributed by atoms with van der Waals surface area (Å²) in [6.07, 6.45) is 2.81. The van der Waals surface area contributed by atoms with Crippen molar-refractivity contribution in [1.82, 2.24) is 9.97 Å². The Hall–Kier alpha value is -0.970. The van der Waals surface area contributed by atoms with Gasteiger partial charge in [0.2, 0.25) is 0 Å². The van der Waals surface area contributed by atoms with E-state index >= 15 is 0 Å². The van der Waals surface area contributed by atoms with E-state index in [1.54, 1.807) is 6.33 Å². The molecule has 1 aliphatic rings. The van der Waals surface area contributed by atoms with Crippen molar-refractivity contribution in [2.75, 3.05) is 34.8 Å². The van der Waals surface area contributed by atoms with E-state index < -0.39 is 0 Å². The first-order valence-corrected chi connectivity index (χ1v) is 8.73. The molecule has 0 saturated carbocycles. The quantitative estimate of drug-likeness (QED) is 0.902. The van der Waals surface area contributed by atoms with Crippen molar-refractivity contribution in [3.63, 3.8) is 0 Å². The van der Waals surface area contributed by atoms with Gasteiger partial charge >= 0.3 is 0 Å². The lowest BCUT2D eigenvalue weighted by Gasteiger charge is -2.36. The molecule has 4 nitrogen and oxygen atoms in total. The van der Waals surface area contributed by atoms with Gasteiger partial charge in [-0.15, -0.1) is 0 Å². The Kier molecular flexibility index (Phi) is 5.52. The van der Waals surface area contributed by atoms with Crippen LogP contribution in [0.1, 0.15) is 45.6 Å². The van der Waals surface area contributed by atoms with Crippen LogP contribution in [0, 0.1) is 0 Å². The zero-order valence-corrected chi connectivity index (χ0v) is 13.8. The van der Waals surface area contributed by atoms with Gasteiger partial charge in [-0.25, -0.2) is 9.97 Å². The van der Waals surface area contributed by atoms with Gasteiger partial charge in [0, 0.05) is 36.2 Å². The average molecular weight is 294 g/mol. The molecule has 0 amide bonds. The summed E-state index contributed by atoms with van der Waals surface area (Å²) in [4.78, 5) is 11.5. The molecule has 0 radical (unpaired) electrons. The van der Waals surface area contributed by atoms with E-state index in [2.05, 4.69) is 47.9 Å². The van der Waals surface area contributed by atoms with Crippen molar-refractivity contribution >= 4 is 23.4 Å². The average Bonchev–Trinajstić information content (AvgIpc) is 2.45. The van der Waals surface area contributed by atoms with Crippen LogP contribution in [0.3, 0.4) is 0 Å². The third-order valence-corrected chi connectivity index (χ3v) is 4.81. The highest BCUT2D eigenvalue weighted by atomic mass is 32.2. The third kappa shape index (κ3) is 3.37. The Balaban J connectivity index is 2.35. The summed E-state index contributed by atoms with van der Waals surface area (Å²) >= 11 is 2.03. The largest absolute Gasteiger partial charge is 0.370 e. The van der Waals surface area contributed by atoms with Crippen LogP contribution in [0.25, 0.3) is 0 Å². The molecule has 5 heteroatoms. The minimum absolute atomic E-state index is 0.423. The van der Waals surface area contributed by atoms with Crippen molar-refractivity contribution in [3.05, 3.63) is 11.9 Å². The fourth-order valence-corrected chi connectivity index (χ4v) is 3.59. The molecular weight excluding hydrogens is 268 g/mol. The van der Waals surface area contributed by atoms with Crippen LogP contribution >= 0.6 is 11.8 Å². The minimum atomic E-state index is 0.423. The Labute approximate surface area is 126 Å². The summed E-state index contributed by atoms with van der Waals surface area (Å²) in [5.74, 6) is 4.93. The lowest BCUT2D eigenvalue weighted by molar-refractivity contribution is 0.676. The smallest absolute Gasteiger partial charge is 0.137 e. The van der Waals surface area contributed by atoms with E-state index in [0.717, 1.165) is 31.1 Å². The molecule has 2 rings (SSSR count). The Morgan fingerprint density at radius 2 is 2.25 bits per heavy atom. The van der Waals surface area contributed by atoms with Gasteiger partial charge in [-0.2, -0.15) is 11.8 Å². The maximum absolute atomic E-state index is 4.61. The first kappa shape index (κ1) is 15.4. The highest BCUT2D eigenvalue weighted by Gasteiger charge is 2.25. The zero-order chi connectivity index (χ0) is 14.5. The summed E-state index contributed by atoms with van der Waals surface area (Å²) in [6.45, 7) is 11.0. The molecule has 20 heavy (non-hydrogen) atoms. The second-order valence-corrected chi connectivity index (χ2v) is 6.81. The van der Waals surface area contributed by atoms with Crippen molar-refractivity contribution in [2.24, 2.45) is 0 Å². The molecule has 0 aliphatic carbocycles. The van der Waals surface area contributed by atoms with Gasteiger partial charge in [-0.1, -0.05) is 20.8 Å². The Morgan fingerprint density at radius 1 is 1.45 bits per heavy atom. The first-order chi connectivity index (χ1) is 9.65. The number of aromatic nitrogens is 2. The van der Waals surface area contributed by atoms with Crippen molar-refractivity contribution in [3.8, 4) is 0 Å². The highest BCUT2D eigenvalue weighted by Crippen LogP contribution is 2.33. The highest BCUT2D eigenvalue weighted by molar-refractivity contribution is 7.99. The minimum Gasteiger partial charge on any atom is -0.370 e. The maximum atomic E-state index is 4.61. The van der Waals surface area contributed by atoms with Crippen molar-refractivity contribution < 1.29 is 0 Å². The molecule has 112 valence electrons. The van der Waals surface area contributed by atoms with Gasteiger partial charge in [-0.3, -0.25) is 0 Å². The van der Waals surface area contributed by atoms with Crippen molar-refractivity contribution in [2.45, 2.75) is 46.1 Å². The van der Waals surface area contributed by atoms with Gasteiger partial charge in [0.25, 0.3) is 0 Å². The summed E-state index contributed by atoms with van der Waals surface area (Å²) in [5.41, 5.74) is 1.26. The standard InChI is InChI=1S/C15H26N4S/c1-5-6-16-14-13(11(2)3)15(18-10-17-14)19-7-8-20-9-12(19)4/h10-12H,5-9H2,1-4H3,(H,16,17,18). The van der Waals surface area contributed by atoms with Gasteiger partial charge in [0.15, 0.2) is 0 Å². The second-order valence-electron chi connectivity index (χ2n) is 5.66.